The molecule has 1 fully saturated rings. The lowest BCUT2D eigenvalue weighted by molar-refractivity contribution is 0.0953. The number of thioether (sulfide) groups is 1. The summed E-state index contributed by atoms with van der Waals surface area (Å²) in [6, 6.07) is 4.27. The molecule has 1 amide bonds. The number of nitrogens with zero attached hydrogens (tertiary/aromatic N) is 2. The van der Waals surface area contributed by atoms with Gasteiger partial charge >= 0.3 is 0 Å². The molecule has 1 aromatic rings. The minimum absolute atomic E-state index is 0.311. The Kier molecular flexibility index (Phi) is 4.57. The smallest absolute Gasteiger partial charge is 0.266 e. The van der Waals surface area contributed by atoms with Crippen molar-refractivity contribution in [1.29, 1.82) is 0 Å². The summed E-state index contributed by atoms with van der Waals surface area (Å²) in [5.74, 6) is 7.20. The minimum atomic E-state index is -0.311. The van der Waals surface area contributed by atoms with Gasteiger partial charge in [-0.1, -0.05) is 0 Å². The van der Waals surface area contributed by atoms with Crippen molar-refractivity contribution in [2.45, 2.75) is 19.0 Å². The molecule has 0 radical (unpaired) electrons. The van der Waals surface area contributed by atoms with Crippen LogP contribution >= 0.6 is 11.8 Å². The number of nitrogen functional groups attached to an aromatic ring is 1. The number of hydrogen-bond acceptors (Lipinski definition) is 5. The number of rotatable bonds is 4. The third-order valence-corrected chi connectivity index (χ3v) is 4.30. The summed E-state index contributed by atoms with van der Waals surface area (Å²) in [6.07, 6.45) is 2.81. The minimum Gasteiger partial charge on any atom is -0.297 e. The average molecular weight is 266 g/mol. The summed E-state index contributed by atoms with van der Waals surface area (Å²) in [7, 11) is 2.12. The normalized spacial score (nSPS) is 19.2. The van der Waals surface area contributed by atoms with E-state index in [2.05, 4.69) is 22.4 Å². The monoisotopic (exact) mass is 266 g/mol. The van der Waals surface area contributed by atoms with Gasteiger partial charge in [-0.3, -0.25) is 20.1 Å². The van der Waals surface area contributed by atoms with E-state index in [0.717, 1.165) is 12.2 Å². The number of nitrogens with two attached hydrogens (primary N) is 1. The van der Waals surface area contributed by atoms with Gasteiger partial charge in [0.05, 0.1) is 11.3 Å². The van der Waals surface area contributed by atoms with E-state index < -0.39 is 0 Å². The van der Waals surface area contributed by atoms with Crippen LogP contribution in [0.3, 0.4) is 0 Å². The molecule has 1 aromatic heterocycles. The summed E-state index contributed by atoms with van der Waals surface area (Å²) in [4.78, 5) is 17.9. The van der Waals surface area contributed by atoms with Crippen LogP contribution in [0, 0.1) is 0 Å². The molecular formula is C12H18N4OS. The molecule has 2 heterocycles. The molecule has 1 aliphatic rings. The second-order valence-corrected chi connectivity index (χ2v) is 5.59. The van der Waals surface area contributed by atoms with E-state index in [4.69, 9.17) is 5.84 Å². The van der Waals surface area contributed by atoms with Crippen LogP contribution in [-0.4, -0.2) is 40.4 Å². The van der Waals surface area contributed by atoms with Crippen LogP contribution in [0.25, 0.3) is 0 Å². The number of hydrazine groups is 1. The first-order chi connectivity index (χ1) is 8.70. The van der Waals surface area contributed by atoms with E-state index >= 15 is 0 Å². The van der Waals surface area contributed by atoms with Crippen molar-refractivity contribution in [3.8, 4) is 0 Å². The van der Waals surface area contributed by atoms with Crippen molar-refractivity contribution in [3.05, 3.63) is 29.6 Å². The molecule has 1 unspecified atom stereocenters. The van der Waals surface area contributed by atoms with Gasteiger partial charge in [-0.25, -0.2) is 5.84 Å². The standard InChI is InChI=1S/C12H18N4OS/c1-16(11-4-5-18-8-11)7-10-3-2-9(6-14-10)12(17)15-13/h2-3,6,11H,4-5,7-8,13H2,1H3,(H,15,17). The first-order valence-corrected chi connectivity index (χ1v) is 7.10. The fourth-order valence-corrected chi connectivity index (χ4v) is 3.29. The number of nitrogens with one attached hydrogen (secondary N) is 1. The quantitative estimate of drug-likeness (QED) is 0.475. The Morgan fingerprint density at radius 2 is 2.50 bits per heavy atom. The number of hydrogen-bond donors (Lipinski definition) is 2. The number of pyridine rings is 1. The lowest BCUT2D eigenvalue weighted by Crippen LogP contribution is -2.31. The average Bonchev–Trinajstić information content (AvgIpc) is 2.92. The van der Waals surface area contributed by atoms with Crippen LogP contribution in [0.4, 0.5) is 0 Å². The third kappa shape index (κ3) is 3.22. The fourth-order valence-electron chi connectivity index (χ4n) is 1.99. The van der Waals surface area contributed by atoms with Crippen molar-refractivity contribution >= 4 is 17.7 Å². The summed E-state index contributed by atoms with van der Waals surface area (Å²) >= 11 is 2.00. The first kappa shape index (κ1) is 13.3. The van der Waals surface area contributed by atoms with Gasteiger partial charge < -0.3 is 0 Å². The number of aromatic nitrogens is 1. The molecule has 0 saturated carbocycles. The molecule has 6 heteroatoms. The zero-order valence-electron chi connectivity index (χ0n) is 10.4. The zero-order chi connectivity index (χ0) is 13.0. The summed E-state index contributed by atoms with van der Waals surface area (Å²) in [6.45, 7) is 0.815. The van der Waals surface area contributed by atoms with Crippen molar-refractivity contribution < 1.29 is 4.79 Å². The van der Waals surface area contributed by atoms with Crippen molar-refractivity contribution in [3.63, 3.8) is 0 Å². The molecule has 3 N–H and O–H groups in total. The van der Waals surface area contributed by atoms with Gasteiger partial charge in [0.1, 0.15) is 0 Å². The maximum absolute atomic E-state index is 11.3. The first-order valence-electron chi connectivity index (χ1n) is 5.94. The molecule has 1 aliphatic heterocycles. The molecule has 0 spiro atoms. The van der Waals surface area contributed by atoms with E-state index in [9.17, 15) is 4.79 Å². The van der Waals surface area contributed by atoms with Gasteiger partial charge in [-0.2, -0.15) is 11.8 Å². The highest BCUT2D eigenvalue weighted by molar-refractivity contribution is 7.99. The van der Waals surface area contributed by atoms with E-state index in [-0.39, 0.29) is 5.91 Å². The molecular weight excluding hydrogens is 248 g/mol. The maximum atomic E-state index is 11.3. The van der Waals surface area contributed by atoms with Gasteiger partial charge in [0.15, 0.2) is 0 Å². The number of carbonyl (C=O) groups excluding carboxylic acids is 1. The molecule has 1 atom stereocenters. The largest absolute Gasteiger partial charge is 0.297 e. The second kappa shape index (κ2) is 6.17. The summed E-state index contributed by atoms with van der Waals surface area (Å²) in [5, 5.41) is 0. The molecule has 0 bridgehead atoms. The Hall–Kier alpha value is -1.11. The third-order valence-electron chi connectivity index (χ3n) is 3.16. The molecule has 2 rings (SSSR count). The van der Waals surface area contributed by atoms with E-state index in [1.165, 1.54) is 17.9 Å². The van der Waals surface area contributed by atoms with Gasteiger partial charge in [-0.05, 0) is 31.4 Å². The van der Waals surface area contributed by atoms with Gasteiger partial charge in [0.25, 0.3) is 5.91 Å². The molecule has 5 nitrogen and oxygen atoms in total. The zero-order valence-corrected chi connectivity index (χ0v) is 11.2. The highest BCUT2D eigenvalue weighted by Crippen LogP contribution is 2.22. The van der Waals surface area contributed by atoms with Crippen LogP contribution in [0.5, 0.6) is 0 Å². The summed E-state index contributed by atoms with van der Waals surface area (Å²) in [5.41, 5.74) is 3.56. The maximum Gasteiger partial charge on any atom is 0.266 e. The molecule has 98 valence electrons. The van der Waals surface area contributed by atoms with Crippen LogP contribution < -0.4 is 11.3 Å². The highest BCUT2D eigenvalue weighted by atomic mass is 32.2. The Morgan fingerprint density at radius 3 is 3.06 bits per heavy atom. The van der Waals surface area contributed by atoms with E-state index in [1.54, 1.807) is 12.3 Å². The highest BCUT2D eigenvalue weighted by Gasteiger charge is 2.20. The lowest BCUT2D eigenvalue weighted by Gasteiger charge is -2.22. The topological polar surface area (TPSA) is 71.2 Å². The van der Waals surface area contributed by atoms with Crippen LogP contribution in [-0.2, 0) is 6.54 Å². The Labute approximate surface area is 111 Å². The van der Waals surface area contributed by atoms with Crippen LogP contribution in [0.15, 0.2) is 18.3 Å². The molecule has 18 heavy (non-hydrogen) atoms. The number of amides is 1. The van der Waals surface area contributed by atoms with Crippen molar-refractivity contribution in [1.82, 2.24) is 15.3 Å². The SMILES string of the molecule is CN(Cc1ccc(C(=O)NN)cn1)C1CCSC1. The predicted octanol–water partition coefficient (Wildman–Crippen LogP) is 0.622. The summed E-state index contributed by atoms with van der Waals surface area (Å²) < 4.78 is 0. The molecule has 0 aliphatic carbocycles. The van der Waals surface area contributed by atoms with Gasteiger partial charge in [0.2, 0.25) is 0 Å². The van der Waals surface area contributed by atoms with Crippen molar-refractivity contribution in [2.75, 3.05) is 18.6 Å². The Balaban J connectivity index is 1.95. The fraction of sp³-hybridized carbons (Fsp3) is 0.500. The Bertz CT molecular complexity index is 403. The van der Waals surface area contributed by atoms with Gasteiger partial charge in [0, 0.05) is 24.5 Å². The molecule has 0 aromatic carbocycles. The number of carbonyl (C=O) groups is 1. The van der Waals surface area contributed by atoms with E-state index in [1.807, 2.05) is 17.8 Å². The molecule has 1 saturated heterocycles. The second-order valence-electron chi connectivity index (χ2n) is 4.44. The Morgan fingerprint density at radius 1 is 1.67 bits per heavy atom. The lowest BCUT2D eigenvalue weighted by atomic mass is 10.2. The van der Waals surface area contributed by atoms with E-state index in [0.29, 0.717) is 11.6 Å². The van der Waals surface area contributed by atoms with Crippen LogP contribution in [0.1, 0.15) is 22.5 Å². The van der Waals surface area contributed by atoms with Crippen LogP contribution in [0.2, 0.25) is 0 Å². The van der Waals surface area contributed by atoms with Crippen molar-refractivity contribution in [2.24, 2.45) is 5.84 Å². The predicted molar refractivity (Wildman–Crippen MR) is 73.1 cm³/mol. The van der Waals surface area contributed by atoms with Gasteiger partial charge in [-0.15, -0.1) is 0 Å².